The van der Waals surface area contributed by atoms with Crippen molar-refractivity contribution < 1.29 is 9.53 Å². The van der Waals surface area contributed by atoms with Crippen molar-refractivity contribution in [2.75, 3.05) is 13.1 Å². The van der Waals surface area contributed by atoms with Crippen molar-refractivity contribution in [2.45, 2.75) is 32.8 Å². The van der Waals surface area contributed by atoms with E-state index in [1.165, 1.54) is 0 Å². The maximum Gasteiger partial charge on any atom is 0.272 e. The summed E-state index contributed by atoms with van der Waals surface area (Å²) in [7, 11) is 0. The Hall–Kier alpha value is -2.14. The standard InChI is InChI=1S/C18H20ClN3O2/c1-12-10-17(21-13(2)20-12)18(23)22-8-6-15(7-9-22)24-16-5-3-4-14(19)11-16/h3-5,10-11,15H,6-9H2,1-2H3. The zero-order valence-electron chi connectivity index (χ0n) is 13.8. The normalized spacial score (nSPS) is 15.4. The molecular formula is C18H20ClN3O2. The quantitative estimate of drug-likeness (QED) is 0.855. The molecule has 2 aromatic rings. The van der Waals surface area contributed by atoms with Crippen LogP contribution in [0.3, 0.4) is 0 Å². The average Bonchev–Trinajstić information content (AvgIpc) is 2.54. The van der Waals surface area contributed by atoms with Crippen LogP contribution in [-0.4, -0.2) is 40.0 Å². The molecule has 2 heterocycles. The lowest BCUT2D eigenvalue weighted by molar-refractivity contribution is 0.0589. The van der Waals surface area contributed by atoms with Gasteiger partial charge in [-0.2, -0.15) is 0 Å². The van der Waals surface area contributed by atoms with Gasteiger partial charge in [0.15, 0.2) is 0 Å². The third kappa shape index (κ3) is 4.03. The van der Waals surface area contributed by atoms with E-state index in [9.17, 15) is 4.79 Å². The van der Waals surface area contributed by atoms with E-state index in [4.69, 9.17) is 16.3 Å². The molecule has 0 unspecified atom stereocenters. The van der Waals surface area contributed by atoms with Crippen molar-refractivity contribution >= 4 is 17.5 Å². The summed E-state index contributed by atoms with van der Waals surface area (Å²) in [6.07, 6.45) is 1.68. The molecule has 1 aromatic heterocycles. The molecule has 1 amide bonds. The first-order valence-corrected chi connectivity index (χ1v) is 8.43. The summed E-state index contributed by atoms with van der Waals surface area (Å²) in [5.74, 6) is 1.36. The van der Waals surface area contributed by atoms with Crippen molar-refractivity contribution in [3.63, 3.8) is 0 Å². The van der Waals surface area contributed by atoms with E-state index in [0.29, 0.717) is 29.6 Å². The number of ether oxygens (including phenoxy) is 1. The van der Waals surface area contributed by atoms with Crippen molar-refractivity contribution in [3.8, 4) is 5.75 Å². The summed E-state index contributed by atoms with van der Waals surface area (Å²) in [5, 5.41) is 0.662. The summed E-state index contributed by atoms with van der Waals surface area (Å²) in [5.41, 5.74) is 1.28. The van der Waals surface area contributed by atoms with Crippen molar-refractivity contribution in [1.29, 1.82) is 0 Å². The minimum atomic E-state index is -0.0372. The molecule has 3 rings (SSSR count). The molecule has 1 aliphatic rings. The van der Waals surface area contributed by atoms with E-state index in [-0.39, 0.29) is 12.0 Å². The fourth-order valence-electron chi connectivity index (χ4n) is 2.90. The fraction of sp³-hybridized carbons (Fsp3) is 0.389. The molecule has 1 aliphatic heterocycles. The van der Waals surface area contributed by atoms with Gasteiger partial charge < -0.3 is 9.64 Å². The molecular weight excluding hydrogens is 326 g/mol. The zero-order valence-corrected chi connectivity index (χ0v) is 14.6. The number of carbonyl (C=O) groups is 1. The number of hydrogen-bond donors (Lipinski definition) is 0. The number of aryl methyl sites for hydroxylation is 2. The molecule has 1 saturated heterocycles. The van der Waals surface area contributed by atoms with Crippen LogP contribution >= 0.6 is 11.6 Å². The topological polar surface area (TPSA) is 55.3 Å². The van der Waals surface area contributed by atoms with E-state index < -0.39 is 0 Å². The highest BCUT2D eigenvalue weighted by Gasteiger charge is 2.25. The molecule has 5 nitrogen and oxygen atoms in total. The van der Waals surface area contributed by atoms with Crippen molar-refractivity contribution in [3.05, 3.63) is 52.6 Å². The summed E-state index contributed by atoms with van der Waals surface area (Å²) in [6, 6.07) is 9.14. The molecule has 0 radical (unpaired) electrons. The number of halogens is 1. The number of hydrogen-bond acceptors (Lipinski definition) is 4. The summed E-state index contributed by atoms with van der Waals surface area (Å²) in [6.45, 7) is 4.99. The van der Waals surface area contributed by atoms with Crippen LogP contribution in [0.2, 0.25) is 5.02 Å². The SMILES string of the molecule is Cc1cc(C(=O)N2CCC(Oc3cccc(Cl)c3)CC2)nc(C)n1. The maximum atomic E-state index is 12.6. The van der Waals surface area contributed by atoms with E-state index in [2.05, 4.69) is 9.97 Å². The Labute approximate surface area is 146 Å². The maximum absolute atomic E-state index is 12.6. The summed E-state index contributed by atoms with van der Waals surface area (Å²) >= 11 is 5.98. The Bertz CT molecular complexity index is 723. The monoisotopic (exact) mass is 345 g/mol. The number of aromatic nitrogens is 2. The summed E-state index contributed by atoms with van der Waals surface area (Å²) < 4.78 is 5.96. The third-order valence-corrected chi connectivity index (χ3v) is 4.25. The van der Waals surface area contributed by atoms with E-state index in [0.717, 1.165) is 24.3 Å². The number of benzene rings is 1. The van der Waals surface area contributed by atoms with Gasteiger partial charge in [-0.15, -0.1) is 0 Å². The third-order valence-electron chi connectivity index (χ3n) is 4.01. The van der Waals surface area contributed by atoms with Gasteiger partial charge in [-0.05, 0) is 38.1 Å². The molecule has 0 spiro atoms. The second-order valence-corrected chi connectivity index (χ2v) is 6.45. The minimum absolute atomic E-state index is 0.0372. The lowest BCUT2D eigenvalue weighted by Crippen LogP contribution is -2.42. The Morgan fingerprint density at radius 2 is 1.96 bits per heavy atom. The van der Waals surface area contributed by atoms with Gasteiger partial charge in [-0.3, -0.25) is 4.79 Å². The number of piperidine rings is 1. The first-order valence-electron chi connectivity index (χ1n) is 8.05. The van der Waals surface area contributed by atoms with Gasteiger partial charge in [0.05, 0.1) is 0 Å². The van der Waals surface area contributed by atoms with Gasteiger partial charge in [0, 0.05) is 36.6 Å². The Morgan fingerprint density at radius 3 is 2.62 bits per heavy atom. The molecule has 0 bridgehead atoms. The van der Waals surface area contributed by atoms with E-state index >= 15 is 0 Å². The second-order valence-electron chi connectivity index (χ2n) is 6.01. The number of rotatable bonds is 3. The molecule has 0 aliphatic carbocycles. The first-order chi connectivity index (χ1) is 11.5. The zero-order chi connectivity index (χ0) is 17.1. The molecule has 24 heavy (non-hydrogen) atoms. The highest BCUT2D eigenvalue weighted by Crippen LogP contribution is 2.22. The lowest BCUT2D eigenvalue weighted by Gasteiger charge is -2.32. The van der Waals surface area contributed by atoms with Gasteiger partial charge in [0.1, 0.15) is 23.4 Å². The Kier molecular flexibility index (Phi) is 5.00. The number of amides is 1. The van der Waals surface area contributed by atoms with Gasteiger partial charge in [-0.1, -0.05) is 17.7 Å². The summed E-state index contributed by atoms with van der Waals surface area (Å²) in [4.78, 5) is 22.9. The Balaban J connectivity index is 1.59. The van der Waals surface area contributed by atoms with Gasteiger partial charge >= 0.3 is 0 Å². The predicted molar refractivity (Wildman–Crippen MR) is 92.5 cm³/mol. The number of nitrogens with zero attached hydrogens (tertiary/aromatic N) is 3. The lowest BCUT2D eigenvalue weighted by atomic mass is 10.1. The van der Waals surface area contributed by atoms with Crippen LogP contribution in [0.1, 0.15) is 34.8 Å². The molecule has 0 N–H and O–H groups in total. The first kappa shape index (κ1) is 16.7. The number of carbonyl (C=O) groups excluding carboxylic acids is 1. The van der Waals surface area contributed by atoms with Crippen LogP contribution in [0.4, 0.5) is 0 Å². The van der Waals surface area contributed by atoms with E-state index in [1.54, 1.807) is 13.0 Å². The average molecular weight is 346 g/mol. The Morgan fingerprint density at radius 1 is 1.21 bits per heavy atom. The number of likely N-dealkylation sites (tertiary alicyclic amines) is 1. The molecule has 1 aromatic carbocycles. The minimum Gasteiger partial charge on any atom is -0.490 e. The molecule has 1 fully saturated rings. The molecule has 126 valence electrons. The van der Waals surface area contributed by atoms with Gasteiger partial charge in [0.25, 0.3) is 5.91 Å². The highest BCUT2D eigenvalue weighted by molar-refractivity contribution is 6.30. The van der Waals surface area contributed by atoms with Gasteiger partial charge in [0.2, 0.25) is 0 Å². The van der Waals surface area contributed by atoms with Crippen LogP contribution in [0.15, 0.2) is 30.3 Å². The van der Waals surface area contributed by atoms with Crippen LogP contribution in [0.25, 0.3) is 0 Å². The highest BCUT2D eigenvalue weighted by atomic mass is 35.5. The molecule has 6 heteroatoms. The van der Waals surface area contributed by atoms with Crippen LogP contribution < -0.4 is 4.74 Å². The van der Waals surface area contributed by atoms with Crippen LogP contribution in [0, 0.1) is 13.8 Å². The predicted octanol–water partition coefficient (Wildman–Crippen LogP) is 3.43. The van der Waals surface area contributed by atoms with Crippen LogP contribution in [-0.2, 0) is 0 Å². The van der Waals surface area contributed by atoms with Crippen molar-refractivity contribution in [1.82, 2.24) is 14.9 Å². The molecule has 0 saturated carbocycles. The fourth-order valence-corrected chi connectivity index (χ4v) is 3.08. The molecule has 0 atom stereocenters. The smallest absolute Gasteiger partial charge is 0.272 e. The van der Waals surface area contributed by atoms with E-state index in [1.807, 2.05) is 36.1 Å². The van der Waals surface area contributed by atoms with Gasteiger partial charge in [-0.25, -0.2) is 9.97 Å². The second kappa shape index (κ2) is 7.18. The van der Waals surface area contributed by atoms with Crippen molar-refractivity contribution in [2.24, 2.45) is 0 Å². The largest absolute Gasteiger partial charge is 0.490 e. The van der Waals surface area contributed by atoms with Crippen LogP contribution in [0.5, 0.6) is 5.75 Å².